The predicted octanol–water partition coefficient (Wildman–Crippen LogP) is 15.7. The van der Waals surface area contributed by atoms with Crippen LogP contribution in [-0.2, 0) is 48.9 Å². The van der Waals surface area contributed by atoms with E-state index in [1.807, 2.05) is 0 Å². The topological polar surface area (TPSA) is 148 Å². The molecule has 0 aliphatic heterocycles. The summed E-state index contributed by atoms with van der Waals surface area (Å²) >= 11 is 0. The van der Waals surface area contributed by atoms with Crippen molar-refractivity contribution in [3.8, 4) is 0 Å². The maximum absolute atomic E-state index is 11.4. The first-order valence-corrected chi connectivity index (χ1v) is 30.3. The molecule has 0 N–H and O–H groups in total. The van der Waals surface area contributed by atoms with Crippen LogP contribution in [0.1, 0.15) is 287 Å². The first-order valence-electron chi connectivity index (χ1n) is 27.0. The van der Waals surface area contributed by atoms with E-state index in [-0.39, 0.29) is 21.7 Å². The van der Waals surface area contributed by atoms with Crippen molar-refractivity contribution < 1.29 is 68.6 Å². The van der Waals surface area contributed by atoms with Crippen molar-refractivity contribution in [3.05, 3.63) is 0 Å². The van der Waals surface area contributed by atoms with Crippen LogP contribution < -0.4 is 19.8 Å². The molecular formula is C51H109O10P3Ti. The summed E-state index contributed by atoms with van der Waals surface area (Å²) in [5, 5.41) is 9.53. The van der Waals surface area contributed by atoms with E-state index in [0.29, 0.717) is 39.6 Å². The van der Waals surface area contributed by atoms with Gasteiger partial charge in [0.25, 0.3) is 0 Å². The van der Waals surface area contributed by atoms with Crippen LogP contribution in [0.3, 0.4) is 0 Å². The summed E-state index contributed by atoms with van der Waals surface area (Å²) in [6.45, 7) is 19.9. The molecule has 0 rings (SSSR count). The van der Waals surface area contributed by atoms with Gasteiger partial charge in [0, 0.05) is 0 Å². The first kappa shape index (κ1) is 75.5. The van der Waals surface area contributed by atoms with Gasteiger partial charge in [-0.2, -0.15) is 0 Å². The van der Waals surface area contributed by atoms with Crippen LogP contribution in [0.4, 0.5) is 0 Å². The molecule has 14 heteroatoms. The molecule has 0 saturated carbocycles. The molecule has 10 nitrogen and oxygen atoms in total. The van der Waals surface area contributed by atoms with Crippen molar-refractivity contribution in [3.63, 3.8) is 0 Å². The number of rotatable bonds is 48. The van der Waals surface area contributed by atoms with Gasteiger partial charge in [0.2, 0.25) is 0 Å². The van der Waals surface area contributed by atoms with Gasteiger partial charge in [-0.3, -0.25) is 0 Å². The van der Waals surface area contributed by atoms with Gasteiger partial charge in [-0.15, -0.1) is 6.10 Å². The second kappa shape index (κ2) is 72.1. The summed E-state index contributed by atoms with van der Waals surface area (Å²) in [6, 6.07) is 0. The van der Waals surface area contributed by atoms with Gasteiger partial charge in [0.1, 0.15) is 0 Å². The van der Waals surface area contributed by atoms with E-state index < -0.39 is 31.9 Å². The van der Waals surface area contributed by atoms with Crippen molar-refractivity contribution in [2.45, 2.75) is 293 Å². The molecule has 0 aromatic heterocycles. The first-order chi connectivity index (χ1) is 31.2. The zero-order valence-electron chi connectivity index (χ0n) is 44.2. The Hall–Kier alpha value is 1.60. The summed E-state index contributed by atoms with van der Waals surface area (Å²) in [6.07, 6.45) is 43.4. The van der Waals surface area contributed by atoms with Crippen molar-refractivity contribution in [1.82, 2.24) is 0 Å². The SMILES string of the molecule is CC(C)[O-].CCCCCCCCOP([O-])OCCCCCCCC.CCCCCCCCOP([O-])OCCCCCCCC.CCCCCCCCOP([O-])OCCCCCCCC.[Ti+4]. The van der Waals surface area contributed by atoms with Crippen LogP contribution >= 0.6 is 25.8 Å². The smallest absolute Gasteiger partial charge is 0.852 e. The molecule has 0 saturated heterocycles. The van der Waals surface area contributed by atoms with Crippen molar-refractivity contribution in [2.24, 2.45) is 0 Å². The maximum atomic E-state index is 11.4. The quantitative estimate of drug-likeness (QED) is 0.0328. The Morgan fingerprint density at radius 1 is 0.262 bits per heavy atom. The van der Waals surface area contributed by atoms with Crippen LogP contribution in [0.15, 0.2) is 0 Å². The van der Waals surface area contributed by atoms with Gasteiger partial charge in [-0.1, -0.05) is 248 Å². The summed E-state index contributed by atoms with van der Waals surface area (Å²) in [4.78, 5) is 34.3. The van der Waals surface area contributed by atoms with Gasteiger partial charge in [0.05, 0.1) is 65.4 Å². The molecule has 0 bridgehead atoms. The molecule has 0 aromatic carbocycles. The number of unbranched alkanes of at least 4 members (excludes halogenated alkanes) is 30. The number of hydrogen-bond donors (Lipinski definition) is 0. The molecule has 0 heterocycles. The second-order valence-electron chi connectivity index (χ2n) is 17.3. The molecule has 0 atom stereocenters. The third-order valence-corrected chi connectivity index (χ3v) is 12.5. The van der Waals surface area contributed by atoms with Gasteiger partial charge < -0.3 is 46.9 Å². The predicted molar refractivity (Wildman–Crippen MR) is 272 cm³/mol. The van der Waals surface area contributed by atoms with E-state index in [4.69, 9.17) is 27.1 Å². The maximum Gasteiger partial charge on any atom is 4.00 e. The van der Waals surface area contributed by atoms with Gasteiger partial charge >= 0.3 is 21.7 Å². The molecule has 392 valence electrons. The Labute approximate surface area is 424 Å². The van der Waals surface area contributed by atoms with Crippen LogP contribution in [0, 0.1) is 0 Å². The van der Waals surface area contributed by atoms with Crippen molar-refractivity contribution in [1.29, 1.82) is 0 Å². The average Bonchev–Trinajstić information content (AvgIpc) is 3.27. The van der Waals surface area contributed by atoms with E-state index in [1.54, 1.807) is 13.8 Å². The molecule has 65 heavy (non-hydrogen) atoms. The fourth-order valence-corrected chi connectivity index (χ4v) is 8.13. The molecule has 0 spiro atoms. The van der Waals surface area contributed by atoms with Gasteiger partial charge in [0.15, 0.2) is 0 Å². The van der Waals surface area contributed by atoms with Crippen LogP contribution in [0.25, 0.3) is 0 Å². The summed E-state index contributed by atoms with van der Waals surface area (Å²) in [7, 11) is -5.66. The van der Waals surface area contributed by atoms with E-state index in [9.17, 15) is 19.8 Å². The normalized spacial score (nSPS) is 11.1. The van der Waals surface area contributed by atoms with Crippen molar-refractivity contribution in [2.75, 3.05) is 39.6 Å². The third-order valence-electron chi connectivity index (χ3n) is 10.2. The molecule has 0 aliphatic rings. The summed E-state index contributed by atoms with van der Waals surface area (Å²) in [5.41, 5.74) is 0. The minimum Gasteiger partial charge on any atom is -0.852 e. The van der Waals surface area contributed by atoms with E-state index in [1.165, 1.54) is 193 Å². The molecule has 0 aliphatic carbocycles. The Kier molecular flexibility index (Phi) is 83.8. The Bertz CT molecular complexity index is 624. The molecule has 0 unspecified atom stereocenters. The van der Waals surface area contributed by atoms with Crippen molar-refractivity contribution >= 4 is 25.8 Å². The minimum absolute atomic E-state index is 0. The molecule has 0 amide bonds. The van der Waals surface area contributed by atoms with Crippen LogP contribution in [-0.4, -0.2) is 45.7 Å². The Morgan fingerprint density at radius 2 is 0.369 bits per heavy atom. The molecule has 0 fully saturated rings. The summed E-state index contributed by atoms with van der Waals surface area (Å²) in [5.74, 6) is 0. The van der Waals surface area contributed by atoms with Crippen LogP contribution in [0.2, 0.25) is 0 Å². The fourth-order valence-electron chi connectivity index (χ4n) is 6.24. The van der Waals surface area contributed by atoms with E-state index in [0.717, 1.165) is 38.5 Å². The average molecular weight is 1020 g/mol. The third kappa shape index (κ3) is 85.8. The number of hydrogen-bond acceptors (Lipinski definition) is 10. The Morgan fingerprint density at radius 3 is 0.492 bits per heavy atom. The minimum atomic E-state index is -1.89. The standard InChI is InChI=1S/3C16H34O3P.C3H7O.Ti/c3*1-3-5-7-9-11-13-15-18-20(17)19-16-14-12-10-8-6-4-2;1-3(2)4;/h3*3-16H2,1-2H3;3H,1-2H3;/q4*-1;+4. The van der Waals surface area contributed by atoms with E-state index >= 15 is 0 Å². The second-order valence-corrected chi connectivity index (χ2v) is 20.2. The zero-order valence-corrected chi connectivity index (χ0v) is 48.4. The summed E-state index contributed by atoms with van der Waals surface area (Å²) < 4.78 is 31.1. The molecular weight excluding hydrogens is 913 g/mol. The van der Waals surface area contributed by atoms with E-state index in [2.05, 4.69) is 41.5 Å². The Balaban J connectivity index is -0.000000263. The monoisotopic (exact) mass is 1020 g/mol. The zero-order chi connectivity index (χ0) is 48.3. The van der Waals surface area contributed by atoms with Gasteiger partial charge in [-0.05, 0) is 38.5 Å². The van der Waals surface area contributed by atoms with Crippen LogP contribution in [0.5, 0.6) is 0 Å². The fraction of sp³-hybridized carbons (Fsp3) is 1.00. The largest absolute Gasteiger partial charge is 4.00 e. The van der Waals surface area contributed by atoms with Gasteiger partial charge in [-0.25, -0.2) is 0 Å². The molecule has 0 radical (unpaired) electrons. The molecule has 0 aromatic rings.